The quantitative estimate of drug-likeness (QED) is 0.670. The molecule has 94 valence electrons. The first kappa shape index (κ1) is 12.9. The Morgan fingerprint density at radius 1 is 1.00 bits per heavy atom. The second-order valence-electron chi connectivity index (χ2n) is 3.91. The number of halogens is 2. The van der Waals surface area contributed by atoms with Gasteiger partial charge in [-0.1, -0.05) is 12.1 Å². The fourth-order valence-electron chi connectivity index (χ4n) is 1.56. The Morgan fingerprint density at radius 3 is 2.39 bits per heavy atom. The Balaban J connectivity index is 1.90. The number of anilines is 1. The molecule has 0 aliphatic carbocycles. The number of aryl methyl sites for hydroxylation is 1. The van der Waals surface area contributed by atoms with E-state index in [4.69, 9.17) is 5.73 Å². The van der Waals surface area contributed by atoms with Crippen LogP contribution in [0.1, 0.15) is 5.56 Å². The molecule has 0 aromatic heterocycles. The van der Waals surface area contributed by atoms with Crippen LogP contribution in [0.4, 0.5) is 14.5 Å². The van der Waals surface area contributed by atoms with Crippen LogP contribution in [0, 0.1) is 11.6 Å². The molecule has 0 saturated heterocycles. The Labute approximate surface area is 109 Å². The van der Waals surface area contributed by atoms with Gasteiger partial charge in [0.25, 0.3) is 0 Å². The molecule has 4 heteroatoms. The highest BCUT2D eigenvalue weighted by Gasteiger charge is 2.04. The van der Waals surface area contributed by atoms with Crippen molar-refractivity contribution in [3.05, 3.63) is 59.7 Å². The molecule has 0 aliphatic heterocycles. The molecule has 18 heavy (non-hydrogen) atoms. The van der Waals surface area contributed by atoms with Gasteiger partial charge in [0.1, 0.15) is 11.6 Å². The van der Waals surface area contributed by atoms with Crippen LogP contribution in [-0.2, 0) is 6.42 Å². The van der Waals surface area contributed by atoms with Crippen molar-refractivity contribution in [2.75, 3.05) is 11.5 Å². The maximum atomic E-state index is 13.4. The monoisotopic (exact) mass is 265 g/mol. The maximum Gasteiger partial charge on any atom is 0.139 e. The van der Waals surface area contributed by atoms with Crippen LogP contribution in [0.15, 0.2) is 47.4 Å². The highest BCUT2D eigenvalue weighted by Crippen LogP contribution is 2.23. The molecule has 1 nitrogen and oxygen atoms in total. The SMILES string of the molecule is Nc1ccc(CCSc2ccc(F)cc2F)cc1. The predicted molar refractivity (Wildman–Crippen MR) is 71.6 cm³/mol. The summed E-state index contributed by atoms with van der Waals surface area (Å²) in [5.74, 6) is -0.306. The molecule has 0 fully saturated rings. The molecule has 2 aromatic carbocycles. The van der Waals surface area contributed by atoms with Gasteiger partial charge in [-0.25, -0.2) is 8.78 Å². The summed E-state index contributed by atoms with van der Waals surface area (Å²) in [6, 6.07) is 11.3. The van der Waals surface area contributed by atoms with E-state index in [0.29, 0.717) is 4.90 Å². The summed E-state index contributed by atoms with van der Waals surface area (Å²) in [5, 5.41) is 0. The van der Waals surface area contributed by atoms with Crippen LogP contribution in [0.25, 0.3) is 0 Å². The van der Waals surface area contributed by atoms with Gasteiger partial charge in [0.15, 0.2) is 0 Å². The lowest BCUT2D eigenvalue weighted by molar-refractivity contribution is 0.565. The topological polar surface area (TPSA) is 26.0 Å². The van der Waals surface area contributed by atoms with E-state index >= 15 is 0 Å². The molecule has 2 aromatic rings. The van der Waals surface area contributed by atoms with Crippen molar-refractivity contribution >= 4 is 17.4 Å². The van der Waals surface area contributed by atoms with E-state index in [2.05, 4.69) is 0 Å². The van der Waals surface area contributed by atoms with Gasteiger partial charge < -0.3 is 5.73 Å². The van der Waals surface area contributed by atoms with E-state index in [1.165, 1.54) is 23.9 Å². The summed E-state index contributed by atoms with van der Waals surface area (Å²) >= 11 is 1.38. The molecule has 0 unspecified atom stereocenters. The lowest BCUT2D eigenvalue weighted by Crippen LogP contribution is -1.91. The van der Waals surface area contributed by atoms with Crippen molar-refractivity contribution < 1.29 is 8.78 Å². The third-order valence-electron chi connectivity index (χ3n) is 2.52. The number of nitrogen functional groups attached to an aromatic ring is 1. The molecule has 0 bridgehead atoms. The van der Waals surface area contributed by atoms with Crippen LogP contribution >= 0.6 is 11.8 Å². The molecule has 0 spiro atoms. The molecule has 0 amide bonds. The largest absolute Gasteiger partial charge is 0.399 e. The van der Waals surface area contributed by atoms with Gasteiger partial charge in [0.05, 0.1) is 0 Å². The van der Waals surface area contributed by atoms with Crippen molar-refractivity contribution in [3.63, 3.8) is 0 Å². The highest BCUT2D eigenvalue weighted by molar-refractivity contribution is 7.99. The van der Waals surface area contributed by atoms with Crippen LogP contribution in [-0.4, -0.2) is 5.75 Å². The fraction of sp³-hybridized carbons (Fsp3) is 0.143. The maximum absolute atomic E-state index is 13.4. The van der Waals surface area contributed by atoms with E-state index in [-0.39, 0.29) is 0 Å². The zero-order chi connectivity index (χ0) is 13.0. The Morgan fingerprint density at radius 2 is 1.72 bits per heavy atom. The molecular weight excluding hydrogens is 252 g/mol. The number of hydrogen-bond donors (Lipinski definition) is 1. The van der Waals surface area contributed by atoms with E-state index in [9.17, 15) is 8.78 Å². The van der Waals surface area contributed by atoms with Crippen molar-refractivity contribution in [2.24, 2.45) is 0 Å². The van der Waals surface area contributed by atoms with Crippen LogP contribution in [0.5, 0.6) is 0 Å². The number of hydrogen-bond acceptors (Lipinski definition) is 2. The normalized spacial score (nSPS) is 10.6. The van der Waals surface area contributed by atoms with E-state index in [1.807, 2.05) is 24.3 Å². The van der Waals surface area contributed by atoms with Crippen LogP contribution in [0.2, 0.25) is 0 Å². The summed E-state index contributed by atoms with van der Waals surface area (Å²) < 4.78 is 26.1. The zero-order valence-corrected chi connectivity index (χ0v) is 10.5. The first-order valence-electron chi connectivity index (χ1n) is 5.57. The zero-order valence-electron chi connectivity index (χ0n) is 9.70. The molecular formula is C14H13F2NS. The van der Waals surface area contributed by atoms with E-state index in [1.54, 1.807) is 0 Å². The van der Waals surface area contributed by atoms with Gasteiger partial charge in [0, 0.05) is 22.4 Å². The van der Waals surface area contributed by atoms with Gasteiger partial charge in [-0.05, 0) is 36.2 Å². The molecule has 2 rings (SSSR count). The number of rotatable bonds is 4. The van der Waals surface area contributed by atoms with Crippen molar-refractivity contribution in [3.8, 4) is 0 Å². The van der Waals surface area contributed by atoms with Crippen LogP contribution < -0.4 is 5.73 Å². The Bertz CT molecular complexity index is 526. The Kier molecular flexibility index (Phi) is 4.20. The van der Waals surface area contributed by atoms with Crippen molar-refractivity contribution in [1.82, 2.24) is 0 Å². The molecule has 0 saturated carbocycles. The molecule has 0 heterocycles. The minimum atomic E-state index is -0.546. The molecule has 0 radical (unpaired) electrons. The van der Waals surface area contributed by atoms with Gasteiger partial charge in [0.2, 0.25) is 0 Å². The molecule has 0 atom stereocenters. The highest BCUT2D eigenvalue weighted by atomic mass is 32.2. The van der Waals surface area contributed by atoms with Gasteiger partial charge >= 0.3 is 0 Å². The number of nitrogens with two attached hydrogens (primary N) is 1. The standard InChI is InChI=1S/C14H13F2NS/c15-11-3-6-14(13(16)9-11)18-8-7-10-1-4-12(17)5-2-10/h1-6,9H,7-8,17H2. The number of thioether (sulfide) groups is 1. The van der Waals surface area contributed by atoms with Crippen molar-refractivity contribution in [1.29, 1.82) is 0 Å². The smallest absolute Gasteiger partial charge is 0.139 e. The average molecular weight is 265 g/mol. The second-order valence-corrected chi connectivity index (χ2v) is 5.05. The fourth-order valence-corrected chi connectivity index (χ4v) is 2.47. The summed E-state index contributed by atoms with van der Waals surface area (Å²) in [6.07, 6.45) is 0.821. The Hall–Kier alpha value is -1.55. The third-order valence-corrected chi connectivity index (χ3v) is 3.57. The third kappa shape index (κ3) is 3.47. The van der Waals surface area contributed by atoms with E-state index in [0.717, 1.165) is 29.5 Å². The van der Waals surface area contributed by atoms with Gasteiger partial charge in [-0.2, -0.15) is 0 Å². The first-order chi connectivity index (χ1) is 8.65. The minimum Gasteiger partial charge on any atom is -0.399 e. The molecule has 2 N–H and O–H groups in total. The van der Waals surface area contributed by atoms with Crippen LogP contribution in [0.3, 0.4) is 0 Å². The summed E-state index contributed by atoms with van der Waals surface area (Å²) in [7, 11) is 0. The average Bonchev–Trinajstić information content (AvgIpc) is 2.34. The van der Waals surface area contributed by atoms with Gasteiger partial charge in [-0.15, -0.1) is 11.8 Å². The number of benzene rings is 2. The second kappa shape index (κ2) is 5.87. The molecule has 0 aliphatic rings. The lowest BCUT2D eigenvalue weighted by Gasteiger charge is -2.04. The summed E-state index contributed by atoms with van der Waals surface area (Å²) in [4.78, 5) is 0.479. The minimum absolute atomic E-state index is 0.479. The lowest BCUT2D eigenvalue weighted by atomic mass is 10.2. The van der Waals surface area contributed by atoms with Gasteiger partial charge in [-0.3, -0.25) is 0 Å². The first-order valence-corrected chi connectivity index (χ1v) is 6.56. The van der Waals surface area contributed by atoms with E-state index < -0.39 is 11.6 Å². The summed E-state index contributed by atoms with van der Waals surface area (Å²) in [5.41, 5.74) is 7.47. The predicted octanol–water partition coefficient (Wildman–Crippen LogP) is 3.88. The summed E-state index contributed by atoms with van der Waals surface area (Å²) in [6.45, 7) is 0. The van der Waals surface area contributed by atoms with Crippen molar-refractivity contribution in [2.45, 2.75) is 11.3 Å².